The fourth-order valence-electron chi connectivity index (χ4n) is 2.45. The molecule has 2 rings (SSSR count). The SMILES string of the molecule is C[C@H]1CCCN(C(=O)c2cnc(OCC(F)(F)F)c(Cl)c2)CC1. The Labute approximate surface area is 137 Å². The first-order chi connectivity index (χ1) is 10.8. The molecule has 8 heteroatoms. The van der Waals surface area contributed by atoms with Crippen LogP contribution in [-0.2, 0) is 0 Å². The van der Waals surface area contributed by atoms with Crippen LogP contribution in [0, 0.1) is 5.92 Å². The molecular formula is C15H18ClF3N2O2. The summed E-state index contributed by atoms with van der Waals surface area (Å²) in [6, 6.07) is 1.30. The summed E-state index contributed by atoms with van der Waals surface area (Å²) >= 11 is 5.87. The average Bonchev–Trinajstić information content (AvgIpc) is 2.69. The number of rotatable bonds is 3. The lowest BCUT2D eigenvalue weighted by Crippen LogP contribution is -2.32. The topological polar surface area (TPSA) is 42.4 Å². The number of ether oxygens (including phenoxy) is 1. The molecule has 0 bridgehead atoms. The molecule has 0 N–H and O–H groups in total. The number of likely N-dealkylation sites (tertiary alicyclic amines) is 1. The smallest absolute Gasteiger partial charge is 0.422 e. The molecule has 1 aliphatic heterocycles. The van der Waals surface area contributed by atoms with Crippen LogP contribution in [0.3, 0.4) is 0 Å². The molecule has 1 fully saturated rings. The number of alkyl halides is 3. The van der Waals surface area contributed by atoms with Gasteiger partial charge < -0.3 is 9.64 Å². The van der Waals surface area contributed by atoms with E-state index in [0.717, 1.165) is 19.3 Å². The first kappa shape index (κ1) is 17.8. The van der Waals surface area contributed by atoms with Crippen molar-refractivity contribution in [1.82, 2.24) is 9.88 Å². The van der Waals surface area contributed by atoms with E-state index in [9.17, 15) is 18.0 Å². The van der Waals surface area contributed by atoms with Crippen molar-refractivity contribution in [2.24, 2.45) is 5.92 Å². The van der Waals surface area contributed by atoms with Crippen LogP contribution in [0.25, 0.3) is 0 Å². The lowest BCUT2D eigenvalue weighted by atomic mass is 10.0. The Morgan fingerprint density at radius 2 is 2.17 bits per heavy atom. The molecule has 0 unspecified atom stereocenters. The van der Waals surface area contributed by atoms with E-state index in [1.54, 1.807) is 4.90 Å². The van der Waals surface area contributed by atoms with Gasteiger partial charge in [-0.05, 0) is 31.2 Å². The minimum Gasteiger partial charge on any atom is -0.467 e. The molecule has 23 heavy (non-hydrogen) atoms. The number of hydrogen-bond acceptors (Lipinski definition) is 3. The fourth-order valence-corrected chi connectivity index (χ4v) is 2.67. The zero-order chi connectivity index (χ0) is 17.0. The first-order valence-corrected chi connectivity index (χ1v) is 7.78. The maximum Gasteiger partial charge on any atom is 0.422 e. The van der Waals surface area contributed by atoms with Crippen LogP contribution in [-0.4, -0.2) is 41.7 Å². The van der Waals surface area contributed by atoms with E-state index in [4.69, 9.17) is 11.6 Å². The van der Waals surface area contributed by atoms with Crippen LogP contribution < -0.4 is 4.74 Å². The van der Waals surface area contributed by atoms with Gasteiger partial charge in [0.25, 0.3) is 5.91 Å². The van der Waals surface area contributed by atoms with Crippen LogP contribution >= 0.6 is 11.6 Å². The van der Waals surface area contributed by atoms with Crippen LogP contribution in [0.15, 0.2) is 12.3 Å². The van der Waals surface area contributed by atoms with E-state index in [0.29, 0.717) is 19.0 Å². The summed E-state index contributed by atoms with van der Waals surface area (Å²) in [5.74, 6) is 0.0357. The quantitative estimate of drug-likeness (QED) is 0.829. The standard InChI is InChI=1S/C15H18ClF3N2O2/c1-10-3-2-5-21(6-4-10)14(22)11-7-12(16)13(20-8-11)23-9-15(17,18)19/h7-8,10H,2-6,9H2,1H3/t10-/m0/s1. The van der Waals surface area contributed by atoms with Gasteiger partial charge in [-0.1, -0.05) is 18.5 Å². The van der Waals surface area contributed by atoms with E-state index < -0.39 is 12.8 Å². The highest BCUT2D eigenvalue weighted by Crippen LogP contribution is 2.26. The summed E-state index contributed by atoms with van der Waals surface area (Å²) in [6.07, 6.45) is -0.329. The zero-order valence-corrected chi connectivity index (χ0v) is 13.5. The van der Waals surface area contributed by atoms with E-state index >= 15 is 0 Å². The molecule has 1 aromatic heterocycles. The van der Waals surface area contributed by atoms with Gasteiger partial charge >= 0.3 is 6.18 Å². The largest absolute Gasteiger partial charge is 0.467 e. The van der Waals surface area contributed by atoms with Crippen molar-refractivity contribution < 1.29 is 22.7 Å². The van der Waals surface area contributed by atoms with E-state index in [1.165, 1.54) is 12.3 Å². The van der Waals surface area contributed by atoms with Crippen molar-refractivity contribution in [1.29, 1.82) is 0 Å². The Morgan fingerprint density at radius 3 is 2.83 bits per heavy atom. The average molecular weight is 351 g/mol. The maximum absolute atomic E-state index is 12.4. The molecule has 2 heterocycles. The van der Waals surface area contributed by atoms with E-state index in [2.05, 4.69) is 16.6 Å². The van der Waals surface area contributed by atoms with Crippen molar-refractivity contribution in [3.05, 3.63) is 22.8 Å². The number of hydrogen-bond donors (Lipinski definition) is 0. The van der Waals surface area contributed by atoms with Crippen molar-refractivity contribution in [3.8, 4) is 5.88 Å². The Balaban J connectivity index is 2.05. The number of pyridine rings is 1. The second kappa shape index (κ2) is 7.38. The molecule has 128 valence electrons. The van der Waals surface area contributed by atoms with Crippen molar-refractivity contribution in [2.45, 2.75) is 32.4 Å². The molecule has 1 saturated heterocycles. The molecule has 0 saturated carbocycles. The van der Waals surface area contributed by atoms with Gasteiger partial charge in [0.15, 0.2) is 6.61 Å². The molecule has 0 radical (unpaired) electrons. The molecule has 0 aromatic carbocycles. The molecule has 0 aliphatic carbocycles. The van der Waals surface area contributed by atoms with E-state index in [1.807, 2.05) is 0 Å². The summed E-state index contributed by atoms with van der Waals surface area (Å²) < 4.78 is 40.9. The van der Waals surface area contributed by atoms with Crippen LogP contribution in [0.4, 0.5) is 13.2 Å². The molecule has 1 atom stereocenters. The lowest BCUT2D eigenvalue weighted by molar-refractivity contribution is -0.154. The zero-order valence-electron chi connectivity index (χ0n) is 12.7. The molecule has 4 nitrogen and oxygen atoms in total. The molecule has 1 aromatic rings. The summed E-state index contributed by atoms with van der Waals surface area (Å²) in [6.45, 7) is 1.99. The van der Waals surface area contributed by atoms with Gasteiger partial charge in [0.1, 0.15) is 5.02 Å². The van der Waals surface area contributed by atoms with Crippen LogP contribution in [0.5, 0.6) is 5.88 Å². The van der Waals surface area contributed by atoms with Gasteiger partial charge in [-0.3, -0.25) is 4.79 Å². The number of nitrogens with zero attached hydrogens (tertiary/aromatic N) is 2. The summed E-state index contributed by atoms with van der Waals surface area (Å²) in [5, 5.41) is -0.108. The van der Waals surface area contributed by atoms with Gasteiger partial charge in [0.2, 0.25) is 5.88 Å². The highest BCUT2D eigenvalue weighted by atomic mass is 35.5. The van der Waals surface area contributed by atoms with Crippen molar-refractivity contribution in [2.75, 3.05) is 19.7 Å². The number of amides is 1. The first-order valence-electron chi connectivity index (χ1n) is 7.40. The monoisotopic (exact) mass is 350 g/mol. The molecule has 1 amide bonds. The molecule has 1 aliphatic rings. The third-order valence-corrected chi connectivity index (χ3v) is 4.00. The highest BCUT2D eigenvalue weighted by Gasteiger charge is 2.29. The Morgan fingerprint density at radius 1 is 1.43 bits per heavy atom. The van der Waals surface area contributed by atoms with Gasteiger partial charge in [0, 0.05) is 19.3 Å². The second-order valence-corrected chi connectivity index (χ2v) is 6.15. The van der Waals surface area contributed by atoms with Gasteiger partial charge in [-0.15, -0.1) is 0 Å². The molecular weight excluding hydrogens is 333 g/mol. The normalized spacial score (nSPS) is 19.3. The summed E-state index contributed by atoms with van der Waals surface area (Å²) in [5.41, 5.74) is 0.254. The predicted octanol–water partition coefficient (Wildman–Crippen LogP) is 3.94. The highest BCUT2D eigenvalue weighted by molar-refractivity contribution is 6.32. The fraction of sp³-hybridized carbons (Fsp3) is 0.600. The lowest BCUT2D eigenvalue weighted by Gasteiger charge is -2.20. The maximum atomic E-state index is 12.4. The van der Waals surface area contributed by atoms with Gasteiger partial charge in [0.05, 0.1) is 5.56 Å². The third kappa shape index (κ3) is 5.27. The number of aromatic nitrogens is 1. The van der Waals surface area contributed by atoms with E-state index in [-0.39, 0.29) is 22.4 Å². The minimum absolute atomic E-state index is 0.108. The Hall–Kier alpha value is -1.50. The second-order valence-electron chi connectivity index (χ2n) is 5.74. The van der Waals surface area contributed by atoms with Crippen LogP contribution in [0.1, 0.15) is 36.5 Å². The third-order valence-electron chi connectivity index (χ3n) is 3.73. The van der Waals surface area contributed by atoms with Crippen molar-refractivity contribution >= 4 is 17.5 Å². The Bertz CT molecular complexity index is 566. The Kier molecular flexibility index (Phi) is 5.73. The van der Waals surface area contributed by atoms with Gasteiger partial charge in [-0.25, -0.2) is 4.98 Å². The summed E-state index contributed by atoms with van der Waals surface area (Å²) in [7, 11) is 0. The predicted molar refractivity (Wildman–Crippen MR) is 79.7 cm³/mol. The minimum atomic E-state index is -4.47. The molecule has 0 spiro atoms. The number of halogens is 4. The van der Waals surface area contributed by atoms with Crippen molar-refractivity contribution in [3.63, 3.8) is 0 Å². The summed E-state index contributed by atoms with van der Waals surface area (Å²) in [4.78, 5) is 17.9. The van der Waals surface area contributed by atoms with Crippen LogP contribution in [0.2, 0.25) is 5.02 Å². The van der Waals surface area contributed by atoms with Gasteiger partial charge in [-0.2, -0.15) is 13.2 Å². The number of carbonyl (C=O) groups is 1. The number of carbonyl (C=O) groups excluding carboxylic acids is 1.